The van der Waals surface area contributed by atoms with E-state index in [4.69, 9.17) is 5.11 Å². The number of rotatable bonds is 6. The van der Waals surface area contributed by atoms with Crippen LogP contribution >= 0.6 is 0 Å². The van der Waals surface area contributed by atoms with Gasteiger partial charge in [0, 0.05) is 13.0 Å². The van der Waals surface area contributed by atoms with E-state index >= 15 is 0 Å². The molecule has 0 radical (unpaired) electrons. The maximum absolute atomic E-state index is 11.8. The molecule has 2 N–H and O–H groups in total. The van der Waals surface area contributed by atoms with Crippen molar-refractivity contribution in [2.75, 3.05) is 6.54 Å². The lowest BCUT2D eigenvalue weighted by Crippen LogP contribution is -2.33. The summed E-state index contributed by atoms with van der Waals surface area (Å²) in [5.74, 6) is 0.0118. The minimum absolute atomic E-state index is 0.0999. The van der Waals surface area contributed by atoms with E-state index in [2.05, 4.69) is 5.32 Å². The quantitative estimate of drug-likeness (QED) is 0.777. The van der Waals surface area contributed by atoms with Crippen LogP contribution in [0, 0.1) is 17.8 Å². The fraction of sp³-hybridized carbons (Fsp3) is 0.867. The number of hydrogen-bond donors (Lipinski definition) is 2. The summed E-state index contributed by atoms with van der Waals surface area (Å²) >= 11 is 0. The third kappa shape index (κ3) is 4.22. The molecule has 108 valence electrons. The van der Waals surface area contributed by atoms with E-state index < -0.39 is 5.97 Å². The molecule has 2 saturated carbocycles. The predicted molar refractivity (Wildman–Crippen MR) is 72.7 cm³/mol. The third-order valence-electron chi connectivity index (χ3n) is 4.79. The number of carbonyl (C=O) groups is 2. The highest BCUT2D eigenvalue weighted by molar-refractivity contribution is 5.76. The molecule has 1 amide bonds. The molecule has 2 rings (SSSR count). The molecular formula is C15H25NO3. The zero-order valence-electron chi connectivity index (χ0n) is 11.6. The Balaban J connectivity index is 1.64. The second-order valence-corrected chi connectivity index (χ2v) is 6.13. The van der Waals surface area contributed by atoms with E-state index in [-0.39, 0.29) is 17.7 Å². The lowest BCUT2D eigenvalue weighted by molar-refractivity contribution is -0.143. The Kier molecular flexibility index (Phi) is 5.23. The van der Waals surface area contributed by atoms with Gasteiger partial charge in [-0.05, 0) is 31.1 Å². The van der Waals surface area contributed by atoms with Gasteiger partial charge in [-0.2, -0.15) is 0 Å². The molecule has 19 heavy (non-hydrogen) atoms. The highest BCUT2D eigenvalue weighted by Gasteiger charge is 2.32. The van der Waals surface area contributed by atoms with E-state index in [1.165, 1.54) is 25.7 Å². The van der Waals surface area contributed by atoms with E-state index in [0.717, 1.165) is 31.6 Å². The van der Waals surface area contributed by atoms with Crippen molar-refractivity contribution in [3.63, 3.8) is 0 Å². The van der Waals surface area contributed by atoms with Gasteiger partial charge in [0.1, 0.15) is 0 Å². The first-order valence-corrected chi connectivity index (χ1v) is 7.66. The summed E-state index contributed by atoms with van der Waals surface area (Å²) in [5.41, 5.74) is 0. The molecule has 4 nitrogen and oxygen atoms in total. The number of carboxylic acid groups (broad SMARTS) is 1. The first-order valence-electron chi connectivity index (χ1n) is 7.66. The van der Waals surface area contributed by atoms with Crippen molar-refractivity contribution < 1.29 is 14.7 Å². The molecule has 0 aromatic rings. The number of nitrogens with one attached hydrogen (secondary N) is 1. The third-order valence-corrected chi connectivity index (χ3v) is 4.79. The van der Waals surface area contributed by atoms with E-state index in [0.29, 0.717) is 13.0 Å². The van der Waals surface area contributed by atoms with Crippen LogP contribution in [-0.2, 0) is 9.59 Å². The van der Waals surface area contributed by atoms with Crippen molar-refractivity contribution in [3.8, 4) is 0 Å². The molecule has 0 aromatic heterocycles. The van der Waals surface area contributed by atoms with Gasteiger partial charge in [-0.15, -0.1) is 0 Å². The highest BCUT2D eigenvalue weighted by atomic mass is 16.4. The number of carboxylic acids is 1. The maximum atomic E-state index is 11.8. The SMILES string of the molecule is O=C(CCC1CCCC1)NCC1CCCC1C(=O)O. The summed E-state index contributed by atoms with van der Waals surface area (Å²) in [4.78, 5) is 22.8. The lowest BCUT2D eigenvalue weighted by atomic mass is 9.96. The van der Waals surface area contributed by atoms with Crippen molar-refractivity contribution >= 4 is 11.9 Å². The molecule has 2 aliphatic rings. The van der Waals surface area contributed by atoms with Gasteiger partial charge < -0.3 is 10.4 Å². The van der Waals surface area contributed by atoms with Crippen molar-refractivity contribution in [2.45, 2.75) is 57.8 Å². The summed E-state index contributed by atoms with van der Waals surface area (Å²) in [6.45, 7) is 0.542. The van der Waals surface area contributed by atoms with Gasteiger partial charge in [0.15, 0.2) is 0 Å². The second kappa shape index (κ2) is 6.92. The van der Waals surface area contributed by atoms with Crippen LogP contribution in [0.25, 0.3) is 0 Å². The Labute approximate surface area is 115 Å². The standard InChI is InChI=1S/C15H25NO3/c17-14(9-8-11-4-1-2-5-11)16-10-12-6-3-7-13(12)15(18)19/h11-13H,1-10H2,(H,16,17)(H,18,19). The van der Waals surface area contributed by atoms with Crippen molar-refractivity contribution in [3.05, 3.63) is 0 Å². The van der Waals surface area contributed by atoms with Crippen LogP contribution in [0.5, 0.6) is 0 Å². The molecule has 0 saturated heterocycles. The first kappa shape index (κ1) is 14.4. The van der Waals surface area contributed by atoms with Gasteiger partial charge >= 0.3 is 5.97 Å². The van der Waals surface area contributed by atoms with Crippen molar-refractivity contribution in [1.29, 1.82) is 0 Å². The maximum Gasteiger partial charge on any atom is 0.306 e. The molecule has 2 aliphatic carbocycles. The summed E-state index contributed by atoms with van der Waals surface area (Å²) < 4.78 is 0. The average molecular weight is 267 g/mol. The predicted octanol–water partition coefficient (Wildman–Crippen LogP) is 2.57. The summed E-state index contributed by atoms with van der Waals surface area (Å²) in [6, 6.07) is 0. The number of hydrogen-bond acceptors (Lipinski definition) is 2. The van der Waals surface area contributed by atoms with Gasteiger partial charge in [0.05, 0.1) is 5.92 Å². The molecule has 4 heteroatoms. The molecule has 0 aromatic carbocycles. The van der Waals surface area contributed by atoms with E-state index in [9.17, 15) is 9.59 Å². The molecule has 2 atom stereocenters. The number of carbonyl (C=O) groups excluding carboxylic acids is 1. The topological polar surface area (TPSA) is 66.4 Å². The molecule has 0 heterocycles. The number of amides is 1. The van der Waals surface area contributed by atoms with Crippen LogP contribution in [0.2, 0.25) is 0 Å². The first-order chi connectivity index (χ1) is 9.16. The van der Waals surface area contributed by atoms with Crippen LogP contribution in [0.15, 0.2) is 0 Å². The zero-order valence-corrected chi connectivity index (χ0v) is 11.6. The van der Waals surface area contributed by atoms with Gasteiger partial charge in [-0.3, -0.25) is 9.59 Å². The summed E-state index contributed by atoms with van der Waals surface area (Å²) in [7, 11) is 0. The Morgan fingerprint density at radius 2 is 1.79 bits per heavy atom. The van der Waals surface area contributed by atoms with Crippen LogP contribution in [0.4, 0.5) is 0 Å². The molecule has 0 spiro atoms. The van der Waals surface area contributed by atoms with Gasteiger partial charge in [-0.1, -0.05) is 32.1 Å². The second-order valence-electron chi connectivity index (χ2n) is 6.13. The zero-order chi connectivity index (χ0) is 13.7. The molecule has 0 aliphatic heterocycles. The number of aliphatic carboxylic acids is 1. The largest absolute Gasteiger partial charge is 0.481 e. The van der Waals surface area contributed by atoms with E-state index in [1.807, 2.05) is 0 Å². The van der Waals surface area contributed by atoms with Gasteiger partial charge in [0.2, 0.25) is 5.91 Å². The summed E-state index contributed by atoms with van der Waals surface area (Å²) in [5, 5.41) is 12.0. The fourth-order valence-corrected chi connectivity index (χ4v) is 3.57. The lowest BCUT2D eigenvalue weighted by Gasteiger charge is -2.16. The van der Waals surface area contributed by atoms with Crippen LogP contribution in [0.3, 0.4) is 0 Å². The Bertz CT molecular complexity index is 323. The van der Waals surface area contributed by atoms with Crippen molar-refractivity contribution in [1.82, 2.24) is 5.32 Å². The normalized spacial score (nSPS) is 27.6. The van der Waals surface area contributed by atoms with Gasteiger partial charge in [-0.25, -0.2) is 0 Å². The molecular weight excluding hydrogens is 242 g/mol. The van der Waals surface area contributed by atoms with Crippen LogP contribution in [-0.4, -0.2) is 23.5 Å². The smallest absolute Gasteiger partial charge is 0.306 e. The minimum Gasteiger partial charge on any atom is -0.481 e. The Morgan fingerprint density at radius 1 is 1.05 bits per heavy atom. The average Bonchev–Trinajstić information content (AvgIpc) is 3.04. The molecule has 0 bridgehead atoms. The highest BCUT2D eigenvalue weighted by Crippen LogP contribution is 2.31. The van der Waals surface area contributed by atoms with Crippen LogP contribution in [0.1, 0.15) is 57.8 Å². The minimum atomic E-state index is -0.706. The monoisotopic (exact) mass is 267 g/mol. The summed E-state index contributed by atoms with van der Waals surface area (Å²) in [6.07, 6.45) is 9.45. The van der Waals surface area contributed by atoms with Crippen molar-refractivity contribution in [2.24, 2.45) is 17.8 Å². The Morgan fingerprint density at radius 3 is 2.47 bits per heavy atom. The molecule has 2 unspecified atom stereocenters. The van der Waals surface area contributed by atoms with E-state index in [1.54, 1.807) is 0 Å². The van der Waals surface area contributed by atoms with Crippen LogP contribution < -0.4 is 5.32 Å². The Hall–Kier alpha value is -1.06. The molecule has 2 fully saturated rings. The fourth-order valence-electron chi connectivity index (χ4n) is 3.57. The van der Waals surface area contributed by atoms with Gasteiger partial charge in [0.25, 0.3) is 0 Å².